The van der Waals surface area contributed by atoms with Crippen LogP contribution in [-0.2, 0) is 4.79 Å². The molecule has 1 saturated carbocycles. The summed E-state index contributed by atoms with van der Waals surface area (Å²) in [6.45, 7) is 2.05. The number of hydrogen-bond donors (Lipinski definition) is 1. The lowest BCUT2D eigenvalue weighted by atomic mass is 9.85. The molecule has 0 saturated heterocycles. The van der Waals surface area contributed by atoms with Crippen molar-refractivity contribution in [1.82, 2.24) is 9.38 Å². The van der Waals surface area contributed by atoms with Crippen molar-refractivity contribution in [2.24, 2.45) is 5.92 Å². The lowest BCUT2D eigenvalue weighted by Crippen LogP contribution is -2.28. The summed E-state index contributed by atoms with van der Waals surface area (Å²) >= 11 is 0. The largest absolute Gasteiger partial charge is 0.495 e. The van der Waals surface area contributed by atoms with Gasteiger partial charge in [0.05, 0.1) is 18.5 Å². The highest BCUT2D eigenvalue weighted by atomic mass is 16.5. The van der Waals surface area contributed by atoms with Gasteiger partial charge in [0, 0.05) is 23.9 Å². The van der Waals surface area contributed by atoms with E-state index in [4.69, 9.17) is 9.72 Å². The zero-order valence-corrected chi connectivity index (χ0v) is 14.5. The second kappa shape index (κ2) is 6.24. The number of benzene rings is 1. The van der Waals surface area contributed by atoms with Crippen molar-refractivity contribution in [3.05, 3.63) is 48.3 Å². The second-order valence-corrected chi connectivity index (χ2v) is 6.58. The first-order chi connectivity index (χ1) is 12.2. The van der Waals surface area contributed by atoms with Crippen LogP contribution in [0.2, 0.25) is 0 Å². The number of amides is 1. The fraction of sp³-hybridized carbons (Fsp3) is 0.300. The highest BCUT2D eigenvalue weighted by Gasteiger charge is 2.26. The molecule has 0 unspecified atom stereocenters. The van der Waals surface area contributed by atoms with Crippen LogP contribution in [-0.4, -0.2) is 22.4 Å². The molecule has 5 nitrogen and oxygen atoms in total. The van der Waals surface area contributed by atoms with Crippen molar-refractivity contribution >= 4 is 17.2 Å². The van der Waals surface area contributed by atoms with E-state index in [1.54, 1.807) is 7.11 Å². The Labute approximate surface area is 146 Å². The number of carbonyl (C=O) groups excluding carboxylic acids is 1. The van der Waals surface area contributed by atoms with E-state index in [9.17, 15) is 4.79 Å². The number of anilines is 1. The van der Waals surface area contributed by atoms with Crippen molar-refractivity contribution < 1.29 is 9.53 Å². The first-order valence-electron chi connectivity index (χ1n) is 8.59. The Kier molecular flexibility index (Phi) is 3.92. The number of hydrogen-bond acceptors (Lipinski definition) is 3. The van der Waals surface area contributed by atoms with Gasteiger partial charge in [0.25, 0.3) is 0 Å². The van der Waals surface area contributed by atoms with E-state index in [1.807, 2.05) is 54.0 Å². The van der Waals surface area contributed by atoms with E-state index < -0.39 is 0 Å². The van der Waals surface area contributed by atoms with Crippen LogP contribution in [0.5, 0.6) is 5.75 Å². The van der Waals surface area contributed by atoms with Crippen LogP contribution in [0.4, 0.5) is 5.69 Å². The predicted molar refractivity (Wildman–Crippen MR) is 97.9 cm³/mol. The molecule has 0 spiro atoms. The third-order valence-electron chi connectivity index (χ3n) is 4.91. The van der Waals surface area contributed by atoms with Gasteiger partial charge < -0.3 is 14.5 Å². The molecule has 0 radical (unpaired) electrons. The maximum absolute atomic E-state index is 12.3. The summed E-state index contributed by atoms with van der Waals surface area (Å²) in [4.78, 5) is 17.0. The summed E-state index contributed by atoms with van der Waals surface area (Å²) in [5.41, 5.74) is 4.59. The lowest BCUT2D eigenvalue weighted by molar-refractivity contribution is -0.122. The zero-order valence-electron chi connectivity index (χ0n) is 14.5. The van der Waals surface area contributed by atoms with Crippen LogP contribution in [0, 0.1) is 12.8 Å². The van der Waals surface area contributed by atoms with Gasteiger partial charge in [0.1, 0.15) is 11.4 Å². The second-order valence-electron chi connectivity index (χ2n) is 6.58. The third kappa shape index (κ3) is 2.86. The molecule has 25 heavy (non-hydrogen) atoms. The van der Waals surface area contributed by atoms with Gasteiger partial charge in [0.2, 0.25) is 5.91 Å². The minimum atomic E-state index is 0.0764. The van der Waals surface area contributed by atoms with E-state index in [0.29, 0.717) is 11.4 Å². The maximum atomic E-state index is 12.3. The summed E-state index contributed by atoms with van der Waals surface area (Å²) in [5.74, 6) is 0.870. The molecule has 1 aromatic carbocycles. The van der Waals surface area contributed by atoms with Crippen LogP contribution in [0.15, 0.2) is 42.7 Å². The molecule has 1 fully saturated rings. The first-order valence-corrected chi connectivity index (χ1v) is 8.59. The number of rotatable bonds is 4. The zero-order chi connectivity index (χ0) is 17.4. The van der Waals surface area contributed by atoms with Gasteiger partial charge in [0.15, 0.2) is 0 Å². The van der Waals surface area contributed by atoms with Gasteiger partial charge in [-0.05, 0) is 49.6 Å². The van der Waals surface area contributed by atoms with E-state index in [1.165, 1.54) is 0 Å². The molecule has 1 aliphatic carbocycles. The average Bonchev–Trinajstić information content (AvgIpc) is 2.99. The minimum absolute atomic E-state index is 0.0764. The fourth-order valence-corrected chi connectivity index (χ4v) is 3.16. The van der Waals surface area contributed by atoms with Gasteiger partial charge in [-0.3, -0.25) is 4.79 Å². The third-order valence-corrected chi connectivity index (χ3v) is 4.91. The van der Waals surface area contributed by atoms with Gasteiger partial charge in [-0.15, -0.1) is 0 Å². The van der Waals surface area contributed by atoms with Crippen LogP contribution in [0.3, 0.4) is 0 Å². The Bertz CT molecular complexity index is 941. The van der Waals surface area contributed by atoms with Gasteiger partial charge >= 0.3 is 0 Å². The molecule has 2 aromatic heterocycles. The van der Waals surface area contributed by atoms with Crippen LogP contribution in [0.25, 0.3) is 16.9 Å². The van der Waals surface area contributed by atoms with Crippen molar-refractivity contribution in [2.75, 3.05) is 12.4 Å². The summed E-state index contributed by atoms with van der Waals surface area (Å²) in [7, 11) is 1.61. The quantitative estimate of drug-likeness (QED) is 0.782. The maximum Gasteiger partial charge on any atom is 0.227 e. The average molecular weight is 335 g/mol. The van der Waals surface area contributed by atoms with Crippen molar-refractivity contribution in [2.45, 2.75) is 26.2 Å². The van der Waals surface area contributed by atoms with E-state index in [2.05, 4.69) is 5.32 Å². The number of nitrogens with zero attached hydrogens (tertiary/aromatic N) is 2. The molecule has 5 heteroatoms. The van der Waals surface area contributed by atoms with Gasteiger partial charge in [-0.1, -0.05) is 12.5 Å². The van der Waals surface area contributed by atoms with Crippen LogP contribution in [0.1, 0.15) is 24.8 Å². The van der Waals surface area contributed by atoms with Gasteiger partial charge in [-0.2, -0.15) is 0 Å². The molecule has 0 aliphatic heterocycles. The topological polar surface area (TPSA) is 55.6 Å². The van der Waals surface area contributed by atoms with Crippen LogP contribution < -0.4 is 10.1 Å². The van der Waals surface area contributed by atoms with Crippen molar-refractivity contribution in [1.29, 1.82) is 0 Å². The Morgan fingerprint density at radius 2 is 2.16 bits per heavy atom. The molecule has 128 valence electrons. The summed E-state index contributed by atoms with van der Waals surface area (Å²) in [6.07, 6.45) is 7.07. The first kappa shape index (κ1) is 15.7. The molecule has 0 bridgehead atoms. The smallest absolute Gasteiger partial charge is 0.227 e. The molecule has 1 amide bonds. The molecule has 3 aromatic rings. The van der Waals surface area contributed by atoms with E-state index >= 15 is 0 Å². The minimum Gasteiger partial charge on any atom is -0.495 e. The molecule has 1 N–H and O–H groups in total. The molecular formula is C20H21N3O2. The Morgan fingerprint density at radius 3 is 2.84 bits per heavy atom. The number of fused-ring (bicyclic) bond motifs is 1. The number of pyridine rings is 1. The summed E-state index contributed by atoms with van der Waals surface area (Å²) in [5, 5.41) is 3.02. The number of methoxy groups -OCH3 is 1. The lowest BCUT2D eigenvalue weighted by Gasteiger charge is -2.24. The monoisotopic (exact) mass is 335 g/mol. The van der Waals surface area contributed by atoms with Gasteiger partial charge in [-0.25, -0.2) is 4.98 Å². The highest BCUT2D eigenvalue weighted by molar-refractivity contribution is 5.95. The number of aromatic nitrogens is 2. The normalized spacial score (nSPS) is 14.3. The summed E-state index contributed by atoms with van der Waals surface area (Å²) < 4.78 is 7.42. The number of nitrogens with one attached hydrogen (secondary N) is 1. The number of imidazole rings is 1. The highest BCUT2D eigenvalue weighted by Crippen LogP contribution is 2.33. The van der Waals surface area contributed by atoms with Crippen LogP contribution >= 0.6 is 0 Å². The molecule has 2 heterocycles. The predicted octanol–water partition coefficient (Wildman–Crippen LogP) is 4.06. The van der Waals surface area contributed by atoms with E-state index in [-0.39, 0.29) is 11.8 Å². The van der Waals surface area contributed by atoms with Crippen molar-refractivity contribution in [3.8, 4) is 17.0 Å². The fourth-order valence-electron chi connectivity index (χ4n) is 3.16. The van der Waals surface area contributed by atoms with E-state index in [0.717, 1.165) is 41.7 Å². The van der Waals surface area contributed by atoms with Crippen molar-refractivity contribution in [3.63, 3.8) is 0 Å². The Hall–Kier alpha value is -2.82. The Morgan fingerprint density at radius 1 is 1.32 bits per heavy atom. The standard InChI is InChI=1S/C20H21N3O2/c1-13-5-4-10-23-12-17(21-19(13)23)15-8-9-18(25-2)16(11-15)22-20(24)14-6-3-7-14/h4-5,8-12,14H,3,6-7H2,1-2H3,(H,22,24). The number of ether oxygens (including phenoxy) is 1. The Balaban J connectivity index is 1.70. The molecular weight excluding hydrogens is 314 g/mol. The molecule has 0 atom stereocenters. The molecule has 1 aliphatic rings. The number of carbonyl (C=O) groups is 1. The number of aryl methyl sites for hydroxylation is 1. The summed E-state index contributed by atoms with van der Waals surface area (Å²) in [6, 6.07) is 9.83. The molecule has 4 rings (SSSR count). The SMILES string of the molecule is COc1ccc(-c2cn3cccc(C)c3n2)cc1NC(=O)C1CCC1.